The summed E-state index contributed by atoms with van der Waals surface area (Å²) in [7, 11) is 0. The second-order valence-electron chi connectivity index (χ2n) is 6.71. The average molecular weight is 305 g/mol. The summed E-state index contributed by atoms with van der Waals surface area (Å²) in [6.07, 6.45) is 5.49. The van der Waals surface area contributed by atoms with Crippen LogP contribution in [-0.2, 0) is 19.5 Å². The highest BCUT2D eigenvalue weighted by Gasteiger charge is 2.37. The van der Waals surface area contributed by atoms with E-state index >= 15 is 0 Å². The minimum Gasteiger partial charge on any atom is -0.331 e. The lowest BCUT2D eigenvalue weighted by Crippen LogP contribution is -2.48. The van der Waals surface area contributed by atoms with Gasteiger partial charge in [0.1, 0.15) is 5.82 Å². The molecular weight excluding hydrogens is 278 g/mol. The molecule has 0 spiro atoms. The lowest BCUT2D eigenvalue weighted by atomic mass is 9.99. The fourth-order valence-corrected chi connectivity index (χ4v) is 3.24. The second kappa shape index (κ2) is 6.26. The van der Waals surface area contributed by atoms with E-state index < -0.39 is 0 Å². The van der Waals surface area contributed by atoms with Crippen LogP contribution in [0.1, 0.15) is 58.1 Å². The normalized spacial score (nSPS) is 19.6. The van der Waals surface area contributed by atoms with Crippen molar-refractivity contribution in [2.45, 2.75) is 78.0 Å². The standard InChI is InChI=1S/C16H27N5O/c1-4-11(2)12(3)21(13-7-8-13)16(22)17-10-15-19-18-14-6-5-9-20(14)15/h11-13H,4-10H2,1-3H3,(H,17,22)/t11-,12+/m0/s1. The predicted octanol–water partition coefficient (Wildman–Crippen LogP) is 2.33. The fourth-order valence-electron chi connectivity index (χ4n) is 3.24. The van der Waals surface area contributed by atoms with E-state index in [9.17, 15) is 4.79 Å². The summed E-state index contributed by atoms with van der Waals surface area (Å²) >= 11 is 0. The topological polar surface area (TPSA) is 63.1 Å². The first-order chi connectivity index (χ1) is 10.6. The van der Waals surface area contributed by atoms with Crippen LogP contribution < -0.4 is 5.32 Å². The van der Waals surface area contributed by atoms with Gasteiger partial charge in [0, 0.05) is 25.0 Å². The third-order valence-corrected chi connectivity index (χ3v) is 5.16. The third-order valence-electron chi connectivity index (χ3n) is 5.16. The van der Waals surface area contributed by atoms with Crippen molar-refractivity contribution < 1.29 is 4.79 Å². The second-order valence-corrected chi connectivity index (χ2v) is 6.71. The average Bonchev–Trinajstić information content (AvgIpc) is 3.09. The van der Waals surface area contributed by atoms with Crippen molar-refractivity contribution in [2.24, 2.45) is 5.92 Å². The van der Waals surface area contributed by atoms with E-state index in [1.54, 1.807) is 0 Å². The molecule has 0 aromatic carbocycles. The number of aromatic nitrogens is 3. The largest absolute Gasteiger partial charge is 0.331 e. The van der Waals surface area contributed by atoms with Crippen LogP contribution in [0.2, 0.25) is 0 Å². The molecule has 122 valence electrons. The third kappa shape index (κ3) is 2.96. The Hall–Kier alpha value is -1.59. The Bertz CT molecular complexity index is 537. The van der Waals surface area contributed by atoms with Crippen molar-refractivity contribution in [1.29, 1.82) is 0 Å². The van der Waals surface area contributed by atoms with Crippen molar-refractivity contribution in [1.82, 2.24) is 25.0 Å². The zero-order valence-electron chi connectivity index (χ0n) is 13.9. The van der Waals surface area contributed by atoms with Crippen molar-refractivity contribution in [2.75, 3.05) is 0 Å². The first-order valence-corrected chi connectivity index (χ1v) is 8.59. The monoisotopic (exact) mass is 305 g/mol. The van der Waals surface area contributed by atoms with E-state index in [1.807, 2.05) is 0 Å². The molecule has 2 atom stereocenters. The minimum atomic E-state index is 0.0469. The number of nitrogens with one attached hydrogen (secondary N) is 1. The zero-order chi connectivity index (χ0) is 15.7. The summed E-state index contributed by atoms with van der Waals surface area (Å²) in [6, 6.07) is 0.750. The summed E-state index contributed by atoms with van der Waals surface area (Å²) < 4.78 is 2.14. The van der Waals surface area contributed by atoms with Crippen molar-refractivity contribution in [3.8, 4) is 0 Å². The van der Waals surface area contributed by atoms with Crippen LogP contribution >= 0.6 is 0 Å². The number of carbonyl (C=O) groups excluding carboxylic acids is 1. The molecule has 2 aliphatic rings. The summed E-state index contributed by atoms with van der Waals surface area (Å²) in [6.45, 7) is 8.02. The Balaban J connectivity index is 1.61. The maximum absolute atomic E-state index is 12.6. The number of hydrogen-bond donors (Lipinski definition) is 1. The molecule has 22 heavy (non-hydrogen) atoms. The summed E-state index contributed by atoms with van der Waals surface area (Å²) in [4.78, 5) is 14.7. The predicted molar refractivity (Wildman–Crippen MR) is 84.4 cm³/mol. The number of amides is 2. The molecule has 1 fully saturated rings. The van der Waals surface area contributed by atoms with Gasteiger partial charge in [-0.1, -0.05) is 20.3 Å². The molecule has 0 radical (unpaired) electrons. The number of nitrogens with zero attached hydrogens (tertiary/aromatic N) is 4. The van der Waals surface area contributed by atoms with Crippen LogP contribution in [0, 0.1) is 5.92 Å². The Morgan fingerprint density at radius 1 is 1.41 bits per heavy atom. The molecule has 1 aromatic heterocycles. The molecule has 0 unspecified atom stereocenters. The first kappa shape index (κ1) is 15.3. The smallest absolute Gasteiger partial charge is 0.318 e. The lowest BCUT2D eigenvalue weighted by Gasteiger charge is -2.33. The number of urea groups is 1. The van der Waals surface area contributed by atoms with E-state index in [4.69, 9.17) is 0 Å². The molecule has 2 heterocycles. The minimum absolute atomic E-state index is 0.0469. The highest BCUT2D eigenvalue weighted by atomic mass is 16.2. The van der Waals surface area contributed by atoms with Gasteiger partial charge in [0.05, 0.1) is 6.54 Å². The lowest BCUT2D eigenvalue weighted by molar-refractivity contribution is 0.151. The molecule has 1 N–H and O–H groups in total. The van der Waals surface area contributed by atoms with Gasteiger partial charge in [-0.2, -0.15) is 0 Å². The summed E-state index contributed by atoms with van der Waals surface area (Å²) in [5, 5.41) is 11.5. The van der Waals surface area contributed by atoms with Crippen molar-refractivity contribution >= 4 is 6.03 Å². The first-order valence-electron chi connectivity index (χ1n) is 8.59. The SMILES string of the molecule is CC[C@H](C)[C@@H](C)N(C(=O)NCc1nnc2n1CCC2)C1CC1. The van der Waals surface area contributed by atoms with Gasteiger partial charge in [-0.05, 0) is 32.1 Å². The molecule has 6 heteroatoms. The molecule has 6 nitrogen and oxygen atoms in total. The van der Waals surface area contributed by atoms with Gasteiger partial charge in [-0.15, -0.1) is 10.2 Å². The van der Waals surface area contributed by atoms with Gasteiger partial charge in [0.15, 0.2) is 5.82 Å². The van der Waals surface area contributed by atoms with Gasteiger partial charge < -0.3 is 14.8 Å². The number of rotatable bonds is 6. The van der Waals surface area contributed by atoms with Gasteiger partial charge in [-0.25, -0.2) is 4.79 Å². The maximum Gasteiger partial charge on any atom is 0.318 e. The van der Waals surface area contributed by atoms with Crippen molar-refractivity contribution in [3.05, 3.63) is 11.6 Å². The molecule has 2 amide bonds. The Labute approximate surface area is 132 Å². The Morgan fingerprint density at radius 2 is 2.18 bits per heavy atom. The summed E-state index contributed by atoms with van der Waals surface area (Å²) in [5.41, 5.74) is 0. The molecule has 1 aliphatic heterocycles. The Kier molecular flexibility index (Phi) is 4.36. The van der Waals surface area contributed by atoms with Crippen LogP contribution in [0.15, 0.2) is 0 Å². The van der Waals surface area contributed by atoms with Gasteiger partial charge in [0.2, 0.25) is 0 Å². The van der Waals surface area contributed by atoms with Crippen LogP contribution in [-0.4, -0.2) is 37.8 Å². The Morgan fingerprint density at radius 3 is 2.86 bits per heavy atom. The molecule has 0 bridgehead atoms. The molecule has 1 saturated carbocycles. The van der Waals surface area contributed by atoms with E-state index in [0.717, 1.165) is 50.3 Å². The summed E-state index contributed by atoms with van der Waals surface area (Å²) in [5.74, 6) is 2.45. The highest BCUT2D eigenvalue weighted by molar-refractivity contribution is 5.75. The van der Waals surface area contributed by atoms with Crippen LogP contribution in [0.4, 0.5) is 4.79 Å². The van der Waals surface area contributed by atoms with E-state index in [2.05, 4.69) is 45.8 Å². The molecule has 1 aliphatic carbocycles. The van der Waals surface area contributed by atoms with Crippen LogP contribution in [0.5, 0.6) is 0 Å². The van der Waals surface area contributed by atoms with Crippen molar-refractivity contribution in [3.63, 3.8) is 0 Å². The van der Waals surface area contributed by atoms with Gasteiger partial charge >= 0.3 is 6.03 Å². The molecular formula is C16H27N5O. The van der Waals surface area contributed by atoms with E-state index in [1.165, 1.54) is 0 Å². The molecule has 3 rings (SSSR count). The number of fused-ring (bicyclic) bond motifs is 1. The van der Waals surface area contributed by atoms with Crippen LogP contribution in [0.25, 0.3) is 0 Å². The van der Waals surface area contributed by atoms with Crippen LogP contribution in [0.3, 0.4) is 0 Å². The fraction of sp³-hybridized carbons (Fsp3) is 0.812. The number of hydrogen-bond acceptors (Lipinski definition) is 3. The number of carbonyl (C=O) groups is 1. The van der Waals surface area contributed by atoms with E-state index in [0.29, 0.717) is 18.5 Å². The zero-order valence-corrected chi connectivity index (χ0v) is 13.9. The maximum atomic E-state index is 12.6. The van der Waals surface area contributed by atoms with Gasteiger partial charge in [0.25, 0.3) is 0 Å². The molecule has 1 aromatic rings. The quantitative estimate of drug-likeness (QED) is 0.877. The molecule has 0 saturated heterocycles. The van der Waals surface area contributed by atoms with E-state index in [-0.39, 0.29) is 12.1 Å². The van der Waals surface area contributed by atoms with Gasteiger partial charge in [-0.3, -0.25) is 0 Å². The highest BCUT2D eigenvalue weighted by Crippen LogP contribution is 2.31. The number of aryl methyl sites for hydroxylation is 1.